The van der Waals surface area contributed by atoms with Crippen molar-refractivity contribution in [1.82, 2.24) is 10.6 Å². The third-order valence-corrected chi connectivity index (χ3v) is 4.16. The molecule has 0 aliphatic heterocycles. The Morgan fingerprint density at radius 3 is 2.25 bits per heavy atom. The monoisotopic (exact) mass is 363 g/mol. The molecule has 0 aromatic heterocycles. The Hall–Kier alpha value is -1.34. The highest BCUT2D eigenvalue weighted by Gasteiger charge is 2.28. The molecule has 140 valence electrons. The molecule has 4 N–H and O–H groups in total. The van der Waals surface area contributed by atoms with Gasteiger partial charge in [0.1, 0.15) is 0 Å². The van der Waals surface area contributed by atoms with Crippen LogP contribution in [0.3, 0.4) is 0 Å². The lowest BCUT2D eigenvalue weighted by molar-refractivity contribution is -0.149. The highest BCUT2D eigenvalue weighted by molar-refractivity contribution is 5.87. The first-order chi connectivity index (χ1) is 10.8. The third kappa shape index (κ3) is 7.49. The summed E-state index contributed by atoms with van der Waals surface area (Å²) in [6, 6.07) is -0.563. The molecule has 1 atom stereocenters. The number of hydrogen-bond acceptors (Lipinski definition) is 5. The zero-order valence-electron chi connectivity index (χ0n) is 14.7. The fourth-order valence-electron chi connectivity index (χ4n) is 2.60. The molecular formula is C16H30ClN3O4. The molecule has 0 aromatic carbocycles. The summed E-state index contributed by atoms with van der Waals surface area (Å²) in [6.45, 7) is 5.83. The van der Waals surface area contributed by atoms with Crippen molar-refractivity contribution in [3.63, 3.8) is 0 Å². The molecule has 0 spiro atoms. The van der Waals surface area contributed by atoms with Crippen LogP contribution in [0.4, 0.5) is 0 Å². The Kier molecular flexibility index (Phi) is 10.6. The van der Waals surface area contributed by atoms with E-state index in [9.17, 15) is 14.4 Å². The van der Waals surface area contributed by atoms with Crippen LogP contribution in [0.2, 0.25) is 0 Å². The molecule has 1 fully saturated rings. The summed E-state index contributed by atoms with van der Waals surface area (Å²) in [4.78, 5) is 35.2. The molecular weight excluding hydrogens is 334 g/mol. The van der Waals surface area contributed by atoms with Crippen molar-refractivity contribution in [3.8, 4) is 0 Å². The Labute approximate surface area is 149 Å². The van der Waals surface area contributed by atoms with E-state index < -0.39 is 6.04 Å². The van der Waals surface area contributed by atoms with Gasteiger partial charge in [-0.3, -0.25) is 14.4 Å². The summed E-state index contributed by atoms with van der Waals surface area (Å²) in [5, 5.41) is 5.43. The number of hydrogen-bond donors (Lipinski definition) is 3. The molecule has 0 unspecified atom stereocenters. The first-order valence-electron chi connectivity index (χ1n) is 8.34. The van der Waals surface area contributed by atoms with Crippen molar-refractivity contribution in [2.45, 2.75) is 58.5 Å². The fraction of sp³-hybridized carbons (Fsp3) is 0.812. The second kappa shape index (κ2) is 11.3. The molecule has 1 saturated carbocycles. The summed E-state index contributed by atoms with van der Waals surface area (Å²) in [6.07, 6.45) is 2.92. The van der Waals surface area contributed by atoms with Crippen LogP contribution >= 0.6 is 12.4 Å². The highest BCUT2D eigenvalue weighted by atomic mass is 35.5. The molecule has 1 aliphatic carbocycles. The molecule has 2 amide bonds. The molecule has 1 aliphatic rings. The van der Waals surface area contributed by atoms with Gasteiger partial charge in [0.2, 0.25) is 11.8 Å². The number of rotatable bonds is 7. The number of halogens is 1. The van der Waals surface area contributed by atoms with Crippen LogP contribution in [0.5, 0.6) is 0 Å². The molecule has 0 aromatic rings. The van der Waals surface area contributed by atoms with Crippen LogP contribution in [0, 0.1) is 11.8 Å². The van der Waals surface area contributed by atoms with Crippen LogP contribution in [-0.4, -0.2) is 43.0 Å². The Balaban J connectivity index is 0.00000529. The van der Waals surface area contributed by atoms with Gasteiger partial charge in [0.15, 0.2) is 0 Å². The smallest absolute Gasteiger partial charge is 0.308 e. The van der Waals surface area contributed by atoms with Crippen molar-refractivity contribution < 1.29 is 19.1 Å². The normalized spacial score (nSPS) is 21.4. The molecule has 8 heteroatoms. The van der Waals surface area contributed by atoms with Crippen molar-refractivity contribution in [2.75, 3.05) is 13.2 Å². The van der Waals surface area contributed by atoms with E-state index in [2.05, 4.69) is 10.6 Å². The number of carbonyl (C=O) groups excluding carboxylic acids is 3. The summed E-state index contributed by atoms with van der Waals surface area (Å²) >= 11 is 0. The van der Waals surface area contributed by atoms with Crippen LogP contribution < -0.4 is 16.4 Å². The van der Waals surface area contributed by atoms with Gasteiger partial charge in [0.25, 0.3) is 0 Å². The predicted octanol–water partition coefficient (Wildman–Crippen LogP) is 0.746. The Bertz CT molecular complexity index is 424. The van der Waals surface area contributed by atoms with Gasteiger partial charge in [-0.05, 0) is 38.5 Å². The van der Waals surface area contributed by atoms with E-state index in [0.717, 1.165) is 12.8 Å². The van der Waals surface area contributed by atoms with Gasteiger partial charge < -0.3 is 21.1 Å². The number of nitrogens with one attached hydrogen (secondary N) is 2. The summed E-state index contributed by atoms with van der Waals surface area (Å²) in [5.41, 5.74) is 5.71. The molecule has 0 bridgehead atoms. The van der Waals surface area contributed by atoms with Crippen molar-refractivity contribution in [1.29, 1.82) is 0 Å². The minimum Gasteiger partial charge on any atom is -0.466 e. The average molecular weight is 364 g/mol. The Morgan fingerprint density at radius 2 is 1.75 bits per heavy atom. The lowest BCUT2D eigenvalue weighted by Gasteiger charge is -2.28. The van der Waals surface area contributed by atoms with Crippen molar-refractivity contribution in [3.05, 3.63) is 0 Å². The fourth-order valence-corrected chi connectivity index (χ4v) is 2.60. The summed E-state index contributed by atoms with van der Waals surface area (Å²) in [7, 11) is 0. The van der Waals surface area contributed by atoms with Crippen LogP contribution in [-0.2, 0) is 19.1 Å². The van der Waals surface area contributed by atoms with E-state index in [1.165, 1.54) is 0 Å². The second-order valence-electron chi connectivity index (χ2n) is 6.36. The third-order valence-electron chi connectivity index (χ3n) is 4.16. The highest BCUT2D eigenvalue weighted by Crippen LogP contribution is 2.25. The maximum Gasteiger partial charge on any atom is 0.308 e. The molecule has 24 heavy (non-hydrogen) atoms. The first kappa shape index (κ1) is 22.7. The maximum atomic E-state index is 11.9. The van der Waals surface area contributed by atoms with Gasteiger partial charge in [-0.1, -0.05) is 13.8 Å². The lowest BCUT2D eigenvalue weighted by Crippen LogP contribution is -2.49. The number of nitrogens with two attached hydrogens (primary N) is 1. The molecule has 0 heterocycles. The van der Waals surface area contributed by atoms with E-state index in [0.29, 0.717) is 19.4 Å². The quantitative estimate of drug-likeness (QED) is 0.578. The number of amides is 2. The van der Waals surface area contributed by atoms with E-state index >= 15 is 0 Å². The van der Waals surface area contributed by atoms with Crippen LogP contribution in [0.25, 0.3) is 0 Å². The number of carbonyl (C=O) groups is 3. The minimum atomic E-state index is -0.609. The predicted molar refractivity (Wildman–Crippen MR) is 93.6 cm³/mol. The first-order valence-corrected chi connectivity index (χ1v) is 8.34. The second-order valence-corrected chi connectivity index (χ2v) is 6.36. The van der Waals surface area contributed by atoms with Gasteiger partial charge in [-0.15, -0.1) is 12.4 Å². The summed E-state index contributed by atoms with van der Waals surface area (Å²) < 4.78 is 5.02. The number of esters is 1. The van der Waals surface area contributed by atoms with Gasteiger partial charge in [-0.2, -0.15) is 0 Å². The average Bonchev–Trinajstić information content (AvgIpc) is 2.52. The van der Waals surface area contributed by atoms with Gasteiger partial charge in [0, 0.05) is 6.04 Å². The van der Waals surface area contributed by atoms with E-state index in [-0.39, 0.29) is 54.6 Å². The molecule has 1 rings (SSSR count). The minimum absolute atomic E-state index is 0. The van der Waals surface area contributed by atoms with Gasteiger partial charge in [0.05, 0.1) is 25.1 Å². The Morgan fingerprint density at radius 1 is 1.17 bits per heavy atom. The SMILES string of the molecule is CCOC(=O)C1CCC(NC(=O)CNC(=O)[C@@H](N)C(C)C)CC1.Cl. The van der Waals surface area contributed by atoms with Crippen molar-refractivity contribution in [2.24, 2.45) is 17.6 Å². The largest absolute Gasteiger partial charge is 0.466 e. The zero-order valence-corrected chi connectivity index (χ0v) is 15.5. The maximum absolute atomic E-state index is 11.9. The zero-order chi connectivity index (χ0) is 17.4. The number of ether oxygens (including phenoxy) is 1. The van der Waals surface area contributed by atoms with Crippen LogP contribution in [0.15, 0.2) is 0 Å². The van der Waals surface area contributed by atoms with E-state index in [1.807, 2.05) is 13.8 Å². The van der Waals surface area contributed by atoms with Gasteiger partial charge in [-0.25, -0.2) is 0 Å². The van der Waals surface area contributed by atoms with E-state index in [4.69, 9.17) is 10.5 Å². The van der Waals surface area contributed by atoms with Crippen LogP contribution in [0.1, 0.15) is 46.5 Å². The molecule has 0 radical (unpaired) electrons. The lowest BCUT2D eigenvalue weighted by atomic mass is 9.86. The molecule has 7 nitrogen and oxygen atoms in total. The topological polar surface area (TPSA) is 111 Å². The van der Waals surface area contributed by atoms with Gasteiger partial charge >= 0.3 is 5.97 Å². The molecule has 0 saturated heterocycles. The standard InChI is InChI=1S/C16H29N3O4.ClH/c1-4-23-16(22)11-5-7-12(8-6-11)19-13(20)9-18-15(21)14(17)10(2)3;/h10-12,14H,4-9,17H2,1-3H3,(H,18,21)(H,19,20);1H/t11?,12?,14-;/m0./s1. The summed E-state index contributed by atoms with van der Waals surface area (Å²) in [5.74, 6) is -0.731. The van der Waals surface area contributed by atoms with Crippen molar-refractivity contribution >= 4 is 30.2 Å². The van der Waals surface area contributed by atoms with E-state index in [1.54, 1.807) is 6.92 Å².